The lowest BCUT2D eigenvalue weighted by atomic mass is 10.2. The second-order valence-corrected chi connectivity index (χ2v) is 4.21. The molecule has 0 bridgehead atoms. The van der Waals surface area contributed by atoms with Crippen LogP contribution in [0.25, 0.3) is 0 Å². The number of ether oxygens (including phenoxy) is 2. The average Bonchev–Trinajstić information content (AvgIpc) is 2.46. The van der Waals surface area contributed by atoms with Gasteiger partial charge in [0.25, 0.3) is 0 Å². The largest absolute Gasteiger partial charge is 0.348 e. The van der Waals surface area contributed by atoms with Gasteiger partial charge >= 0.3 is 0 Å². The minimum absolute atomic E-state index is 0.246. The van der Waals surface area contributed by atoms with Crippen molar-refractivity contribution in [3.05, 3.63) is 41.2 Å². The van der Waals surface area contributed by atoms with Gasteiger partial charge < -0.3 is 9.47 Å². The molecule has 0 radical (unpaired) electrons. The molecule has 1 aromatic rings. The van der Waals surface area contributed by atoms with Gasteiger partial charge in [-0.2, -0.15) is 0 Å². The minimum Gasteiger partial charge on any atom is -0.348 e. The summed E-state index contributed by atoms with van der Waals surface area (Å²) in [5.74, 6) is 5.04. The third kappa shape index (κ3) is 3.90. The molecule has 2 rings (SSSR count). The van der Waals surface area contributed by atoms with Gasteiger partial charge in [-0.15, -0.1) is 0 Å². The van der Waals surface area contributed by atoms with Gasteiger partial charge in [0.15, 0.2) is 0 Å². The Bertz CT molecular complexity index is 543. The zero-order valence-electron chi connectivity index (χ0n) is 10.5. The van der Waals surface area contributed by atoms with E-state index >= 15 is 0 Å². The van der Waals surface area contributed by atoms with Crippen LogP contribution in [0.15, 0.2) is 35.5 Å². The third-order valence-corrected chi connectivity index (χ3v) is 2.77. The fraction of sp³-hybridized carbons (Fsp3) is 0.286. The summed E-state index contributed by atoms with van der Waals surface area (Å²) in [5.41, 5.74) is 0.789. The van der Waals surface area contributed by atoms with Crippen LogP contribution in [0.1, 0.15) is 5.56 Å². The van der Waals surface area contributed by atoms with Gasteiger partial charge in [0.1, 0.15) is 11.8 Å². The van der Waals surface area contributed by atoms with Crippen LogP contribution in [0.2, 0.25) is 5.15 Å². The first-order chi connectivity index (χ1) is 9.24. The predicted octanol–water partition coefficient (Wildman–Crippen LogP) is 2.09. The van der Waals surface area contributed by atoms with Crippen molar-refractivity contribution in [1.29, 1.82) is 0 Å². The summed E-state index contributed by atoms with van der Waals surface area (Å²) in [6.45, 7) is 0.681. The van der Waals surface area contributed by atoms with Crippen molar-refractivity contribution in [1.82, 2.24) is 4.98 Å². The van der Waals surface area contributed by atoms with Crippen LogP contribution in [0.3, 0.4) is 0 Å². The number of aromatic nitrogens is 1. The second-order valence-electron chi connectivity index (χ2n) is 3.82. The summed E-state index contributed by atoms with van der Waals surface area (Å²) >= 11 is 5.69. The molecule has 0 fully saturated rings. The fourth-order valence-corrected chi connectivity index (χ4v) is 1.63. The Hall–Kier alpha value is -1.67. The predicted molar refractivity (Wildman–Crippen MR) is 74.3 cm³/mol. The monoisotopic (exact) mass is 276 g/mol. The number of pyridine rings is 1. The molecule has 2 heterocycles. The van der Waals surface area contributed by atoms with Crippen LogP contribution in [-0.4, -0.2) is 37.2 Å². The molecular formula is C14H13ClN2O2. The van der Waals surface area contributed by atoms with Crippen LogP contribution in [0.5, 0.6) is 0 Å². The third-order valence-electron chi connectivity index (χ3n) is 2.55. The van der Waals surface area contributed by atoms with Crippen LogP contribution < -0.4 is 0 Å². The Balaban J connectivity index is 1.91. The molecule has 1 atom stereocenters. The number of halogens is 1. The summed E-state index contributed by atoms with van der Waals surface area (Å²) in [4.78, 5) is 8.06. The lowest BCUT2D eigenvalue weighted by Gasteiger charge is -2.27. The van der Waals surface area contributed by atoms with Crippen LogP contribution in [-0.2, 0) is 9.47 Å². The zero-order chi connectivity index (χ0) is 13.6. The summed E-state index contributed by atoms with van der Waals surface area (Å²) in [7, 11) is 1.59. The molecule has 0 N–H and O–H groups in total. The highest BCUT2D eigenvalue weighted by Gasteiger charge is 2.28. The number of aliphatic imine (C=N–C) groups is 1. The second kappa shape index (κ2) is 6.48. The Labute approximate surface area is 117 Å². The lowest BCUT2D eigenvalue weighted by molar-refractivity contribution is -0.172. The van der Waals surface area contributed by atoms with E-state index in [0.717, 1.165) is 5.56 Å². The highest BCUT2D eigenvalue weighted by atomic mass is 35.5. The van der Waals surface area contributed by atoms with Gasteiger partial charge in [-0.05, 0) is 24.3 Å². The van der Waals surface area contributed by atoms with Crippen molar-refractivity contribution < 1.29 is 9.47 Å². The molecule has 0 aromatic carbocycles. The van der Waals surface area contributed by atoms with Gasteiger partial charge in [-0.1, -0.05) is 23.4 Å². The van der Waals surface area contributed by atoms with Gasteiger partial charge in [0, 0.05) is 25.1 Å². The highest BCUT2D eigenvalue weighted by Crippen LogP contribution is 2.16. The number of rotatable bonds is 3. The highest BCUT2D eigenvalue weighted by molar-refractivity contribution is 6.29. The Morgan fingerprint density at radius 3 is 3.00 bits per heavy atom. The van der Waals surface area contributed by atoms with Crippen molar-refractivity contribution in [2.24, 2.45) is 4.99 Å². The number of methoxy groups -OCH3 is 1. The molecule has 0 saturated heterocycles. The van der Waals surface area contributed by atoms with Crippen molar-refractivity contribution in [3.8, 4) is 11.8 Å². The topological polar surface area (TPSA) is 43.7 Å². The van der Waals surface area contributed by atoms with Gasteiger partial charge in [0.05, 0.1) is 6.54 Å². The lowest BCUT2D eigenvalue weighted by Crippen LogP contribution is -2.37. The molecule has 0 amide bonds. The summed E-state index contributed by atoms with van der Waals surface area (Å²) in [5, 5.41) is 0.449. The van der Waals surface area contributed by atoms with Gasteiger partial charge in [-0.3, -0.25) is 4.99 Å². The number of hydrogen-bond acceptors (Lipinski definition) is 4. The van der Waals surface area contributed by atoms with Crippen molar-refractivity contribution in [2.75, 3.05) is 20.3 Å². The van der Waals surface area contributed by atoms with E-state index < -0.39 is 5.79 Å². The molecule has 1 unspecified atom stereocenters. The molecule has 1 aliphatic rings. The number of nitrogens with zero attached hydrogens (tertiary/aromatic N) is 2. The molecule has 1 aliphatic heterocycles. The molecule has 1 aromatic heterocycles. The smallest absolute Gasteiger partial charge is 0.208 e. The van der Waals surface area contributed by atoms with E-state index in [1.165, 1.54) is 0 Å². The molecule has 4 nitrogen and oxygen atoms in total. The Kier molecular flexibility index (Phi) is 4.69. The molecule has 5 heteroatoms. The first-order valence-corrected chi connectivity index (χ1v) is 6.09. The van der Waals surface area contributed by atoms with Crippen LogP contribution in [0, 0.1) is 11.8 Å². The van der Waals surface area contributed by atoms with Crippen molar-refractivity contribution >= 4 is 17.8 Å². The molecule has 0 spiro atoms. The summed E-state index contributed by atoms with van der Waals surface area (Å²) in [6, 6.07) is 3.50. The van der Waals surface area contributed by atoms with Crippen LogP contribution in [0.4, 0.5) is 0 Å². The Morgan fingerprint density at radius 2 is 2.37 bits per heavy atom. The number of allylic oxidation sites excluding steroid dienone is 1. The maximum Gasteiger partial charge on any atom is 0.208 e. The quantitative estimate of drug-likeness (QED) is 0.482. The maximum absolute atomic E-state index is 5.69. The summed E-state index contributed by atoms with van der Waals surface area (Å²) < 4.78 is 10.9. The normalized spacial score (nSPS) is 20.9. The zero-order valence-corrected chi connectivity index (χ0v) is 11.2. The van der Waals surface area contributed by atoms with E-state index in [0.29, 0.717) is 11.7 Å². The standard InChI is InChI=1S/C14H13ClN2O2/c1-18-14(7-3-8-16-11-14)19-9-2-4-12-5-6-13(15)17-10-12/h3,5-8,10H,9,11H2,1H3. The SMILES string of the molecule is COC1(OCC#Cc2ccc(Cl)nc2)C=CC=NC1. The maximum atomic E-state index is 5.69. The van der Waals surface area contributed by atoms with Crippen molar-refractivity contribution in [3.63, 3.8) is 0 Å². The average molecular weight is 277 g/mol. The molecule has 0 aliphatic carbocycles. The first kappa shape index (κ1) is 13.8. The van der Waals surface area contributed by atoms with E-state index in [1.54, 1.807) is 37.7 Å². The number of dihydropyridines is 1. The Morgan fingerprint density at radius 1 is 1.47 bits per heavy atom. The van der Waals surface area contributed by atoms with E-state index in [1.807, 2.05) is 6.08 Å². The molecule has 98 valence electrons. The first-order valence-electron chi connectivity index (χ1n) is 5.71. The molecule has 0 saturated carbocycles. The van der Waals surface area contributed by atoms with E-state index in [4.69, 9.17) is 21.1 Å². The van der Waals surface area contributed by atoms with Crippen LogP contribution >= 0.6 is 11.6 Å². The number of hydrogen-bond donors (Lipinski definition) is 0. The van der Waals surface area contributed by atoms with E-state index in [-0.39, 0.29) is 6.61 Å². The minimum atomic E-state index is -0.804. The molecular weight excluding hydrogens is 264 g/mol. The van der Waals surface area contributed by atoms with E-state index in [2.05, 4.69) is 21.8 Å². The summed E-state index contributed by atoms with van der Waals surface area (Å²) in [6.07, 6.45) is 6.95. The van der Waals surface area contributed by atoms with Crippen molar-refractivity contribution in [2.45, 2.75) is 5.79 Å². The van der Waals surface area contributed by atoms with E-state index in [9.17, 15) is 0 Å². The van der Waals surface area contributed by atoms with Gasteiger partial charge in [0.2, 0.25) is 5.79 Å². The molecule has 19 heavy (non-hydrogen) atoms. The van der Waals surface area contributed by atoms with Gasteiger partial charge in [-0.25, -0.2) is 4.98 Å². The fourth-order valence-electron chi connectivity index (χ4n) is 1.51.